The molecule has 2 saturated heterocycles. The number of halogens is 2. The standard InChI is InChI=1S/C27H32FN7O5S.C20H26BrN7O4S/c1-6-34-30-22(29-31-34)15-33-19-14-21(18-8-7-16(28)13-20(18)39-5)41-23(19)24(36)35(25(33)37)17-9-11-32(12-10-17)26(38)40-27(2,3)4;1-5-27-23-15(22-24-27)11-26-13-10-14(21)33-16(13)17(29)28(18(26)30)12-6-8-25(9-7-12)19(31)32-20(2,3)4/h7-8,13-14,17H,6,9-12,15H2,1-5H3;10,12H,5-9,11H2,1-4H3. The average molecular weight is 1130 g/mol. The molecule has 2 amide bonds. The Kier molecular flexibility index (Phi) is 15.7. The lowest BCUT2D eigenvalue weighted by molar-refractivity contribution is 0.0175. The Bertz CT molecular complexity index is 3450. The van der Waals surface area contributed by atoms with Gasteiger partial charge in [-0.1, -0.05) is 0 Å². The number of aromatic nitrogens is 12. The smallest absolute Gasteiger partial charge is 0.410 e. The fraction of sp³-hybridized carbons (Fsp3) is 0.532. The van der Waals surface area contributed by atoms with E-state index in [4.69, 9.17) is 14.2 Å². The topological polar surface area (TPSA) is 244 Å². The summed E-state index contributed by atoms with van der Waals surface area (Å²) in [6.45, 7) is 17.3. The first-order valence-corrected chi connectivity index (χ1v) is 26.5. The number of fused-ring (bicyclic) bond motifs is 2. The Hall–Kier alpha value is -6.61. The highest BCUT2D eigenvalue weighted by Gasteiger charge is 2.33. The largest absolute Gasteiger partial charge is 0.496 e. The number of rotatable bonds is 10. The number of aryl methyl sites for hydroxylation is 2. The van der Waals surface area contributed by atoms with Gasteiger partial charge in [-0.25, -0.2) is 23.6 Å². The van der Waals surface area contributed by atoms with Gasteiger partial charge in [-0.15, -0.1) is 43.1 Å². The van der Waals surface area contributed by atoms with E-state index >= 15 is 0 Å². The van der Waals surface area contributed by atoms with Crippen LogP contribution in [0.4, 0.5) is 14.0 Å². The zero-order valence-corrected chi connectivity index (χ0v) is 45.8. The van der Waals surface area contributed by atoms with E-state index in [1.807, 2.05) is 34.6 Å². The Balaban J connectivity index is 0.000000202. The van der Waals surface area contributed by atoms with Crippen LogP contribution in [0.5, 0.6) is 5.75 Å². The molecule has 0 atom stereocenters. The summed E-state index contributed by atoms with van der Waals surface area (Å²) < 4.78 is 37.4. The third-order valence-electron chi connectivity index (χ3n) is 12.2. The van der Waals surface area contributed by atoms with Gasteiger partial charge in [-0.3, -0.25) is 27.9 Å². The number of carbonyl (C=O) groups excluding carboxylic acids is 2. The lowest BCUT2D eigenvalue weighted by Crippen LogP contribution is -2.47. The maximum atomic E-state index is 14.0. The first-order chi connectivity index (χ1) is 35.1. The van der Waals surface area contributed by atoms with Gasteiger partial charge in [0.2, 0.25) is 0 Å². The predicted octanol–water partition coefficient (Wildman–Crippen LogP) is 6.28. The second-order valence-electron chi connectivity index (χ2n) is 19.7. The highest BCUT2D eigenvalue weighted by Crippen LogP contribution is 2.38. The van der Waals surface area contributed by atoms with Crippen molar-refractivity contribution in [1.29, 1.82) is 0 Å². The van der Waals surface area contributed by atoms with E-state index in [0.717, 1.165) is 3.79 Å². The maximum Gasteiger partial charge on any atom is 0.410 e. The number of amides is 2. The van der Waals surface area contributed by atoms with Crippen molar-refractivity contribution in [3.05, 3.63) is 93.3 Å². The van der Waals surface area contributed by atoms with E-state index < -0.39 is 46.1 Å². The first kappa shape index (κ1) is 53.7. The quantitative estimate of drug-likeness (QED) is 0.146. The summed E-state index contributed by atoms with van der Waals surface area (Å²) >= 11 is 5.93. The molecular formula is C47H58BrFN14O9S2. The number of piperidine rings is 2. The molecule has 0 bridgehead atoms. The Morgan fingerprint density at radius 2 is 1.14 bits per heavy atom. The molecule has 7 aromatic rings. The zero-order chi connectivity index (χ0) is 53.4. The molecule has 27 heteroatoms. The van der Waals surface area contributed by atoms with Gasteiger partial charge in [-0.05, 0) is 132 Å². The number of thiophene rings is 2. The molecular weight excluding hydrogens is 1070 g/mol. The van der Waals surface area contributed by atoms with Gasteiger partial charge < -0.3 is 24.0 Å². The van der Waals surface area contributed by atoms with Gasteiger partial charge in [0.15, 0.2) is 11.6 Å². The molecule has 2 aliphatic rings. The summed E-state index contributed by atoms with van der Waals surface area (Å²) in [5.41, 5.74) is -1.30. The van der Waals surface area contributed by atoms with Crippen LogP contribution in [0.3, 0.4) is 0 Å². The van der Waals surface area contributed by atoms with Gasteiger partial charge in [0.1, 0.15) is 32.2 Å². The molecule has 23 nitrogen and oxygen atoms in total. The predicted molar refractivity (Wildman–Crippen MR) is 278 cm³/mol. The number of hydrogen-bond acceptors (Lipinski definition) is 17. The summed E-state index contributed by atoms with van der Waals surface area (Å²) in [6.07, 6.45) is 0.987. The highest BCUT2D eigenvalue weighted by atomic mass is 79.9. The second-order valence-corrected chi connectivity index (χ2v) is 23.2. The Labute approximate surface area is 439 Å². The third-order valence-corrected chi connectivity index (χ3v) is 15.0. The van der Waals surface area contributed by atoms with Crippen LogP contribution >= 0.6 is 38.6 Å². The van der Waals surface area contributed by atoms with Crippen LogP contribution in [0.15, 0.2) is 53.3 Å². The summed E-state index contributed by atoms with van der Waals surface area (Å²) in [4.78, 5) is 86.4. The number of benzene rings is 1. The molecule has 6 aromatic heterocycles. The first-order valence-electron chi connectivity index (χ1n) is 24.1. The lowest BCUT2D eigenvalue weighted by atomic mass is 10.1. The number of ether oxygens (including phenoxy) is 3. The number of carbonyl (C=O) groups is 2. The fourth-order valence-corrected chi connectivity index (χ4v) is 11.4. The second kappa shape index (κ2) is 21.7. The summed E-state index contributed by atoms with van der Waals surface area (Å²) in [5, 5.41) is 24.7. The molecule has 1 aromatic carbocycles. The van der Waals surface area contributed by atoms with Crippen LogP contribution in [-0.2, 0) is 35.7 Å². The molecule has 0 spiro atoms. The zero-order valence-electron chi connectivity index (χ0n) is 42.5. The van der Waals surface area contributed by atoms with Crippen LogP contribution in [-0.4, -0.2) is 125 Å². The molecule has 0 saturated carbocycles. The normalized spacial score (nSPS) is 14.9. The van der Waals surface area contributed by atoms with Crippen molar-refractivity contribution >= 4 is 71.2 Å². The van der Waals surface area contributed by atoms with E-state index in [2.05, 4.69) is 46.8 Å². The van der Waals surface area contributed by atoms with Crippen LogP contribution < -0.4 is 27.2 Å². The number of hydrogen-bond donors (Lipinski definition) is 0. The van der Waals surface area contributed by atoms with E-state index in [0.29, 0.717) is 113 Å². The number of likely N-dealkylation sites (tertiary alicyclic amines) is 2. The van der Waals surface area contributed by atoms with Crippen LogP contribution in [0.25, 0.3) is 30.9 Å². The van der Waals surface area contributed by atoms with Crippen molar-refractivity contribution < 1.29 is 28.2 Å². The number of nitrogens with zero attached hydrogens (tertiary/aromatic N) is 14. The van der Waals surface area contributed by atoms with Crippen molar-refractivity contribution in [3.8, 4) is 16.2 Å². The average Bonchev–Trinajstić information content (AvgIpc) is 4.18. The lowest BCUT2D eigenvalue weighted by Gasteiger charge is -2.34. The third kappa shape index (κ3) is 11.7. The minimum absolute atomic E-state index is 0.00307. The van der Waals surface area contributed by atoms with Gasteiger partial charge in [0, 0.05) is 54.8 Å². The fourth-order valence-electron chi connectivity index (χ4n) is 8.75. The number of tetrazole rings is 2. The summed E-state index contributed by atoms with van der Waals surface area (Å²) in [7, 11) is 1.45. The molecule has 74 heavy (non-hydrogen) atoms. The molecule has 0 radical (unpaired) electrons. The summed E-state index contributed by atoms with van der Waals surface area (Å²) in [5.74, 6) is 0.585. The van der Waals surface area contributed by atoms with Crippen LogP contribution in [0.1, 0.15) is 105 Å². The summed E-state index contributed by atoms with van der Waals surface area (Å²) in [6, 6.07) is 6.94. The van der Waals surface area contributed by atoms with Crippen molar-refractivity contribution in [1.82, 2.24) is 68.5 Å². The van der Waals surface area contributed by atoms with Gasteiger partial charge >= 0.3 is 23.6 Å². The number of methoxy groups -OCH3 is 1. The molecule has 2 fully saturated rings. The van der Waals surface area contributed by atoms with E-state index in [9.17, 15) is 33.2 Å². The SMILES string of the molecule is CCn1nnc(Cn2c(=O)n(C3CCN(C(=O)OC(C)(C)C)CC3)c(=O)c3sc(-c4ccc(F)cc4OC)cc32)n1.CCn1nnc(Cn2c(=O)n(C3CCN(C(=O)OC(C)(C)C)CC3)c(=O)c3sc(Br)cc32)n1. The van der Waals surface area contributed by atoms with Gasteiger partial charge in [0.25, 0.3) is 11.1 Å². The van der Waals surface area contributed by atoms with Crippen LogP contribution in [0.2, 0.25) is 0 Å². The maximum absolute atomic E-state index is 14.0. The van der Waals surface area contributed by atoms with E-state index in [1.165, 1.54) is 69.8 Å². The minimum Gasteiger partial charge on any atom is -0.496 e. The Morgan fingerprint density at radius 1 is 0.689 bits per heavy atom. The molecule has 9 rings (SSSR count). The monoisotopic (exact) mass is 1120 g/mol. The van der Waals surface area contributed by atoms with Gasteiger partial charge in [-0.2, -0.15) is 9.59 Å². The van der Waals surface area contributed by atoms with Gasteiger partial charge in [0.05, 0.1) is 48.1 Å². The van der Waals surface area contributed by atoms with Crippen molar-refractivity contribution in [2.24, 2.45) is 0 Å². The molecule has 0 N–H and O–H groups in total. The van der Waals surface area contributed by atoms with E-state index in [-0.39, 0.29) is 30.8 Å². The minimum atomic E-state index is -0.624. The van der Waals surface area contributed by atoms with E-state index in [1.54, 1.807) is 48.8 Å². The molecule has 396 valence electrons. The van der Waals surface area contributed by atoms with Crippen LogP contribution in [0, 0.1) is 5.82 Å². The van der Waals surface area contributed by atoms with Crippen molar-refractivity contribution in [3.63, 3.8) is 0 Å². The Morgan fingerprint density at radius 3 is 1.55 bits per heavy atom. The highest BCUT2D eigenvalue weighted by molar-refractivity contribution is 9.11. The molecule has 2 aliphatic heterocycles. The van der Waals surface area contributed by atoms with Crippen molar-refractivity contribution in [2.75, 3.05) is 33.3 Å². The molecule has 8 heterocycles. The van der Waals surface area contributed by atoms with Crippen molar-refractivity contribution in [2.45, 2.75) is 131 Å². The molecule has 0 aliphatic carbocycles. The molecule has 0 unspecified atom stereocenters.